The number of nitrogens with zero attached hydrogens (tertiary/aromatic N) is 2. The Morgan fingerprint density at radius 2 is 2.05 bits per heavy atom. The number of aromatic nitrogens is 2. The van der Waals surface area contributed by atoms with E-state index in [9.17, 15) is 9.90 Å². The van der Waals surface area contributed by atoms with Gasteiger partial charge in [0.15, 0.2) is 0 Å². The van der Waals surface area contributed by atoms with Gasteiger partial charge in [0.1, 0.15) is 5.69 Å². The van der Waals surface area contributed by atoms with Crippen LogP contribution in [0.5, 0.6) is 0 Å². The molecule has 1 aromatic carbocycles. The number of nitrogens with one attached hydrogen (secondary N) is 1. The van der Waals surface area contributed by atoms with E-state index >= 15 is 0 Å². The zero-order valence-electron chi connectivity index (χ0n) is 12.6. The Hall–Kier alpha value is -2.14. The Morgan fingerprint density at radius 3 is 2.62 bits per heavy atom. The van der Waals surface area contributed by atoms with E-state index in [1.54, 1.807) is 24.7 Å². The maximum atomic E-state index is 12.1. The summed E-state index contributed by atoms with van der Waals surface area (Å²) in [7, 11) is 1.79. The Morgan fingerprint density at radius 1 is 1.38 bits per heavy atom. The van der Waals surface area contributed by atoms with Crippen molar-refractivity contribution < 1.29 is 9.90 Å². The molecule has 5 heteroatoms. The lowest BCUT2D eigenvalue weighted by atomic mass is 10.0. The molecule has 2 N–H and O–H groups in total. The van der Waals surface area contributed by atoms with Crippen LogP contribution in [0.4, 0.5) is 0 Å². The first kappa shape index (κ1) is 15.3. The first-order chi connectivity index (χ1) is 9.97. The zero-order chi connectivity index (χ0) is 15.4. The van der Waals surface area contributed by atoms with Crippen molar-refractivity contribution in [3.8, 4) is 0 Å². The summed E-state index contributed by atoms with van der Waals surface area (Å²) in [5, 5.41) is 17.1. The molecule has 0 spiro atoms. The summed E-state index contributed by atoms with van der Waals surface area (Å²) in [6, 6.07) is 11.1. The number of rotatable bonds is 5. The first-order valence-corrected chi connectivity index (χ1v) is 7.01. The molecule has 0 radical (unpaired) electrons. The Labute approximate surface area is 124 Å². The van der Waals surface area contributed by atoms with E-state index in [4.69, 9.17) is 0 Å². The maximum absolute atomic E-state index is 12.1. The van der Waals surface area contributed by atoms with Gasteiger partial charge < -0.3 is 10.4 Å². The molecular formula is C16H21N3O2. The molecule has 1 aromatic heterocycles. The van der Waals surface area contributed by atoms with Crippen molar-refractivity contribution >= 4 is 5.91 Å². The molecule has 5 nitrogen and oxygen atoms in total. The molecule has 0 aliphatic heterocycles. The molecule has 1 amide bonds. The number of aryl methyl sites for hydroxylation is 2. The molecule has 0 saturated heterocycles. The Kier molecular flexibility index (Phi) is 4.75. The summed E-state index contributed by atoms with van der Waals surface area (Å²) in [6.45, 7) is 3.68. The SMILES string of the molecule is Cc1cc(C(=O)NC(C)C(O)Cc2ccccc2)nn1C. The van der Waals surface area contributed by atoms with E-state index in [1.807, 2.05) is 37.3 Å². The van der Waals surface area contributed by atoms with Crippen molar-refractivity contribution in [1.29, 1.82) is 0 Å². The van der Waals surface area contributed by atoms with Crippen molar-refractivity contribution in [3.05, 3.63) is 53.3 Å². The summed E-state index contributed by atoms with van der Waals surface area (Å²) in [5.74, 6) is -0.265. The van der Waals surface area contributed by atoms with Crippen LogP contribution >= 0.6 is 0 Å². The maximum Gasteiger partial charge on any atom is 0.272 e. The quantitative estimate of drug-likeness (QED) is 0.874. The zero-order valence-corrected chi connectivity index (χ0v) is 12.6. The molecule has 112 valence electrons. The minimum absolute atomic E-state index is 0.265. The number of carbonyl (C=O) groups excluding carboxylic acids is 1. The highest BCUT2D eigenvalue weighted by Crippen LogP contribution is 2.07. The van der Waals surface area contributed by atoms with E-state index in [2.05, 4.69) is 10.4 Å². The monoisotopic (exact) mass is 287 g/mol. The van der Waals surface area contributed by atoms with Crippen LogP contribution in [0.2, 0.25) is 0 Å². The highest BCUT2D eigenvalue weighted by Gasteiger charge is 2.19. The van der Waals surface area contributed by atoms with Gasteiger partial charge in [0, 0.05) is 19.2 Å². The third-order valence-electron chi connectivity index (χ3n) is 3.57. The van der Waals surface area contributed by atoms with E-state index in [-0.39, 0.29) is 11.9 Å². The van der Waals surface area contributed by atoms with Crippen LogP contribution < -0.4 is 5.32 Å². The average molecular weight is 287 g/mol. The van der Waals surface area contributed by atoms with Crippen molar-refractivity contribution in [2.75, 3.05) is 0 Å². The highest BCUT2D eigenvalue weighted by atomic mass is 16.3. The second-order valence-electron chi connectivity index (χ2n) is 5.31. The minimum atomic E-state index is -0.638. The van der Waals surface area contributed by atoms with Gasteiger partial charge in [0.2, 0.25) is 0 Å². The molecule has 0 bridgehead atoms. The third kappa shape index (κ3) is 3.92. The van der Waals surface area contributed by atoms with Crippen LogP contribution in [0, 0.1) is 6.92 Å². The fourth-order valence-electron chi connectivity index (χ4n) is 2.08. The summed E-state index contributed by atoms with van der Waals surface area (Å²) in [6.07, 6.45) is -0.134. The van der Waals surface area contributed by atoms with E-state index < -0.39 is 6.10 Å². The number of aliphatic hydroxyl groups is 1. The van der Waals surface area contributed by atoms with Gasteiger partial charge in [-0.05, 0) is 25.5 Å². The van der Waals surface area contributed by atoms with Crippen molar-refractivity contribution in [1.82, 2.24) is 15.1 Å². The predicted molar refractivity (Wildman–Crippen MR) is 81.0 cm³/mol. The van der Waals surface area contributed by atoms with Crippen LogP contribution in [0.25, 0.3) is 0 Å². The van der Waals surface area contributed by atoms with Gasteiger partial charge >= 0.3 is 0 Å². The third-order valence-corrected chi connectivity index (χ3v) is 3.57. The van der Waals surface area contributed by atoms with Crippen molar-refractivity contribution in [3.63, 3.8) is 0 Å². The molecule has 0 fully saturated rings. The van der Waals surface area contributed by atoms with Crippen LogP contribution in [0.1, 0.15) is 28.7 Å². The van der Waals surface area contributed by atoms with Gasteiger partial charge in [-0.3, -0.25) is 9.48 Å². The lowest BCUT2D eigenvalue weighted by Gasteiger charge is -2.19. The Balaban J connectivity index is 1.94. The predicted octanol–water partition coefficient (Wildman–Crippen LogP) is 1.45. The normalized spacial score (nSPS) is 13.7. The van der Waals surface area contributed by atoms with E-state index in [0.717, 1.165) is 11.3 Å². The molecule has 2 rings (SSSR count). The highest BCUT2D eigenvalue weighted by molar-refractivity contribution is 5.92. The van der Waals surface area contributed by atoms with Crippen molar-refractivity contribution in [2.45, 2.75) is 32.4 Å². The van der Waals surface area contributed by atoms with Crippen molar-refractivity contribution in [2.24, 2.45) is 7.05 Å². The number of hydrogen-bond acceptors (Lipinski definition) is 3. The number of benzene rings is 1. The van der Waals surface area contributed by atoms with E-state index in [1.165, 1.54) is 0 Å². The summed E-state index contributed by atoms with van der Waals surface area (Å²) >= 11 is 0. The molecule has 0 aliphatic rings. The topological polar surface area (TPSA) is 67.2 Å². The average Bonchev–Trinajstić information content (AvgIpc) is 2.80. The van der Waals surface area contributed by atoms with Gasteiger partial charge in [-0.25, -0.2) is 0 Å². The number of carbonyl (C=O) groups is 1. The minimum Gasteiger partial charge on any atom is -0.391 e. The molecule has 21 heavy (non-hydrogen) atoms. The van der Waals surface area contributed by atoms with E-state index in [0.29, 0.717) is 12.1 Å². The smallest absolute Gasteiger partial charge is 0.272 e. The molecule has 2 aromatic rings. The number of aliphatic hydroxyl groups excluding tert-OH is 1. The first-order valence-electron chi connectivity index (χ1n) is 7.01. The van der Waals surface area contributed by atoms with Gasteiger partial charge in [-0.15, -0.1) is 0 Å². The molecule has 2 unspecified atom stereocenters. The molecular weight excluding hydrogens is 266 g/mol. The fraction of sp³-hybridized carbons (Fsp3) is 0.375. The fourth-order valence-corrected chi connectivity index (χ4v) is 2.08. The van der Waals surface area contributed by atoms with Crippen LogP contribution in [0.15, 0.2) is 36.4 Å². The number of hydrogen-bond donors (Lipinski definition) is 2. The second kappa shape index (κ2) is 6.54. The molecule has 0 saturated carbocycles. The van der Waals surface area contributed by atoms with Gasteiger partial charge in [0.05, 0.1) is 12.1 Å². The largest absolute Gasteiger partial charge is 0.391 e. The summed E-state index contributed by atoms with van der Waals surface area (Å²) < 4.78 is 1.65. The Bertz CT molecular complexity index is 588. The van der Waals surface area contributed by atoms with Gasteiger partial charge in [-0.2, -0.15) is 5.10 Å². The molecule has 1 heterocycles. The van der Waals surface area contributed by atoms with Gasteiger partial charge in [0.25, 0.3) is 5.91 Å². The lowest BCUT2D eigenvalue weighted by Crippen LogP contribution is -2.42. The molecule has 2 atom stereocenters. The lowest BCUT2D eigenvalue weighted by molar-refractivity contribution is 0.0846. The molecule has 0 aliphatic carbocycles. The van der Waals surface area contributed by atoms with Gasteiger partial charge in [-0.1, -0.05) is 30.3 Å². The van der Waals surface area contributed by atoms with Crippen LogP contribution in [-0.4, -0.2) is 32.9 Å². The summed E-state index contributed by atoms with van der Waals surface area (Å²) in [5.41, 5.74) is 2.33. The standard InChI is InChI=1S/C16H21N3O2/c1-11-9-14(18-19(11)3)16(21)17-12(2)15(20)10-13-7-5-4-6-8-13/h4-9,12,15,20H,10H2,1-3H3,(H,17,21). The van der Waals surface area contributed by atoms with Crippen LogP contribution in [-0.2, 0) is 13.5 Å². The van der Waals surface area contributed by atoms with Crippen LogP contribution in [0.3, 0.4) is 0 Å². The second-order valence-corrected chi connectivity index (χ2v) is 5.31. The number of amides is 1. The summed E-state index contributed by atoms with van der Waals surface area (Å²) in [4.78, 5) is 12.1.